The SMILES string of the molecule is CC1CCN([C@H](C)CNC(=O)Cc2noc3ccccc23)CC1. The molecular formula is C18H25N3O2. The summed E-state index contributed by atoms with van der Waals surface area (Å²) in [6.07, 6.45) is 2.77. The van der Waals surface area contributed by atoms with E-state index in [0.29, 0.717) is 18.3 Å². The predicted molar refractivity (Wildman–Crippen MR) is 90.2 cm³/mol. The minimum atomic E-state index is 0.00119. The number of nitrogens with one attached hydrogen (secondary N) is 1. The zero-order valence-corrected chi connectivity index (χ0v) is 13.9. The lowest BCUT2D eigenvalue weighted by Crippen LogP contribution is -2.45. The van der Waals surface area contributed by atoms with Crippen molar-refractivity contribution in [3.05, 3.63) is 30.0 Å². The molecule has 0 bridgehead atoms. The highest BCUT2D eigenvalue weighted by Crippen LogP contribution is 2.19. The predicted octanol–water partition coefficient (Wildman–Crippen LogP) is 2.61. The molecule has 0 spiro atoms. The van der Waals surface area contributed by atoms with Gasteiger partial charge in [-0.1, -0.05) is 24.2 Å². The van der Waals surface area contributed by atoms with Gasteiger partial charge in [0, 0.05) is 18.0 Å². The maximum Gasteiger partial charge on any atom is 0.226 e. The number of piperidine rings is 1. The summed E-state index contributed by atoms with van der Waals surface area (Å²) in [6, 6.07) is 8.01. The summed E-state index contributed by atoms with van der Waals surface area (Å²) in [5.41, 5.74) is 1.43. The molecule has 124 valence electrons. The zero-order valence-electron chi connectivity index (χ0n) is 13.9. The van der Waals surface area contributed by atoms with E-state index in [1.165, 1.54) is 12.8 Å². The first-order chi connectivity index (χ1) is 11.1. The number of hydrogen-bond acceptors (Lipinski definition) is 4. The van der Waals surface area contributed by atoms with Crippen molar-refractivity contribution < 1.29 is 9.32 Å². The molecule has 5 heteroatoms. The molecule has 1 atom stereocenters. The molecule has 0 unspecified atom stereocenters. The Labute approximate surface area is 137 Å². The van der Waals surface area contributed by atoms with Crippen LogP contribution in [0, 0.1) is 5.92 Å². The Hall–Kier alpha value is -1.88. The van der Waals surface area contributed by atoms with Crippen molar-refractivity contribution in [2.24, 2.45) is 5.92 Å². The first-order valence-corrected chi connectivity index (χ1v) is 8.47. The molecule has 0 aliphatic carbocycles. The number of benzene rings is 1. The molecule has 1 saturated heterocycles. The van der Waals surface area contributed by atoms with Crippen LogP contribution in [0.3, 0.4) is 0 Å². The zero-order chi connectivity index (χ0) is 16.2. The van der Waals surface area contributed by atoms with E-state index in [9.17, 15) is 4.79 Å². The minimum absolute atomic E-state index is 0.00119. The van der Waals surface area contributed by atoms with Crippen LogP contribution < -0.4 is 5.32 Å². The van der Waals surface area contributed by atoms with Crippen LogP contribution in [0.2, 0.25) is 0 Å². The minimum Gasteiger partial charge on any atom is -0.356 e. The highest BCUT2D eigenvalue weighted by molar-refractivity contribution is 5.86. The van der Waals surface area contributed by atoms with Crippen molar-refractivity contribution in [2.45, 2.75) is 39.2 Å². The maximum atomic E-state index is 12.2. The fraction of sp³-hybridized carbons (Fsp3) is 0.556. The molecule has 5 nitrogen and oxygen atoms in total. The second-order valence-corrected chi connectivity index (χ2v) is 6.67. The molecule has 1 N–H and O–H groups in total. The van der Waals surface area contributed by atoms with Crippen LogP contribution in [0.15, 0.2) is 28.8 Å². The van der Waals surface area contributed by atoms with Crippen LogP contribution in [-0.4, -0.2) is 41.6 Å². The number of hydrogen-bond donors (Lipinski definition) is 1. The molecule has 1 aromatic carbocycles. The van der Waals surface area contributed by atoms with E-state index in [4.69, 9.17) is 4.52 Å². The smallest absolute Gasteiger partial charge is 0.226 e. The average molecular weight is 315 g/mol. The van der Waals surface area contributed by atoms with Gasteiger partial charge in [0.1, 0.15) is 5.69 Å². The van der Waals surface area contributed by atoms with E-state index >= 15 is 0 Å². The summed E-state index contributed by atoms with van der Waals surface area (Å²) in [6.45, 7) is 7.44. The van der Waals surface area contributed by atoms with Crippen molar-refractivity contribution in [3.63, 3.8) is 0 Å². The summed E-state index contributed by atoms with van der Waals surface area (Å²) in [7, 11) is 0. The standard InChI is InChI=1S/C18H25N3O2/c1-13-7-9-21(10-8-13)14(2)12-19-18(22)11-16-15-5-3-4-6-17(15)23-20-16/h3-6,13-14H,7-12H2,1-2H3,(H,19,22)/t14-/m1/s1. The molecule has 1 aliphatic rings. The van der Waals surface area contributed by atoms with Gasteiger partial charge >= 0.3 is 0 Å². The van der Waals surface area contributed by atoms with Gasteiger partial charge in [-0.15, -0.1) is 0 Å². The van der Waals surface area contributed by atoms with Gasteiger partial charge in [0.05, 0.1) is 6.42 Å². The number of amides is 1. The third kappa shape index (κ3) is 3.91. The Morgan fingerprint density at radius 2 is 2.13 bits per heavy atom. The molecule has 1 aromatic heterocycles. The molecule has 3 rings (SSSR count). The van der Waals surface area contributed by atoms with E-state index in [2.05, 4.69) is 29.2 Å². The monoisotopic (exact) mass is 315 g/mol. The third-order valence-corrected chi connectivity index (χ3v) is 4.82. The Morgan fingerprint density at radius 3 is 2.91 bits per heavy atom. The summed E-state index contributed by atoms with van der Waals surface area (Å²) in [4.78, 5) is 14.6. The Balaban J connectivity index is 1.49. The van der Waals surface area contributed by atoms with Crippen molar-refractivity contribution in [3.8, 4) is 0 Å². The van der Waals surface area contributed by atoms with E-state index in [1.54, 1.807) is 0 Å². The quantitative estimate of drug-likeness (QED) is 0.921. The second kappa shape index (κ2) is 7.13. The fourth-order valence-corrected chi connectivity index (χ4v) is 3.14. The van der Waals surface area contributed by atoms with Crippen LogP contribution in [0.25, 0.3) is 11.0 Å². The van der Waals surface area contributed by atoms with Crippen LogP contribution >= 0.6 is 0 Å². The molecular weight excluding hydrogens is 290 g/mol. The van der Waals surface area contributed by atoms with Crippen LogP contribution in [0.4, 0.5) is 0 Å². The van der Waals surface area contributed by atoms with Crippen molar-refractivity contribution in [2.75, 3.05) is 19.6 Å². The van der Waals surface area contributed by atoms with Gasteiger partial charge in [-0.25, -0.2) is 0 Å². The van der Waals surface area contributed by atoms with E-state index in [1.807, 2.05) is 24.3 Å². The fourth-order valence-electron chi connectivity index (χ4n) is 3.14. The van der Waals surface area contributed by atoms with E-state index in [-0.39, 0.29) is 12.3 Å². The lowest BCUT2D eigenvalue weighted by Gasteiger charge is -2.35. The van der Waals surface area contributed by atoms with Gasteiger partial charge in [0.15, 0.2) is 5.58 Å². The first-order valence-electron chi connectivity index (χ1n) is 8.47. The van der Waals surface area contributed by atoms with Gasteiger partial charge in [0.25, 0.3) is 0 Å². The number of carbonyl (C=O) groups is 1. The average Bonchev–Trinajstić information content (AvgIpc) is 2.96. The summed E-state index contributed by atoms with van der Waals surface area (Å²) in [5.74, 6) is 0.828. The van der Waals surface area contributed by atoms with Crippen LogP contribution in [-0.2, 0) is 11.2 Å². The molecule has 1 fully saturated rings. The van der Waals surface area contributed by atoms with Gasteiger partial charge in [0.2, 0.25) is 5.91 Å². The Bertz CT molecular complexity index is 659. The maximum absolute atomic E-state index is 12.2. The number of fused-ring (bicyclic) bond motifs is 1. The molecule has 0 radical (unpaired) electrons. The van der Waals surface area contributed by atoms with Crippen molar-refractivity contribution in [1.82, 2.24) is 15.4 Å². The molecule has 1 amide bonds. The first kappa shape index (κ1) is 16.0. The number of rotatable bonds is 5. The number of likely N-dealkylation sites (tertiary alicyclic amines) is 1. The Kier molecular flexibility index (Phi) is 4.96. The Morgan fingerprint density at radius 1 is 1.39 bits per heavy atom. The molecule has 23 heavy (non-hydrogen) atoms. The normalized spacial score (nSPS) is 18.2. The topological polar surface area (TPSA) is 58.4 Å². The highest BCUT2D eigenvalue weighted by Gasteiger charge is 2.21. The van der Waals surface area contributed by atoms with Crippen LogP contribution in [0.1, 0.15) is 32.4 Å². The van der Waals surface area contributed by atoms with E-state index < -0.39 is 0 Å². The largest absolute Gasteiger partial charge is 0.356 e. The van der Waals surface area contributed by atoms with Gasteiger partial charge in [-0.05, 0) is 50.9 Å². The van der Waals surface area contributed by atoms with Crippen molar-refractivity contribution in [1.29, 1.82) is 0 Å². The number of carbonyl (C=O) groups excluding carboxylic acids is 1. The van der Waals surface area contributed by atoms with Gasteiger partial charge in [-0.2, -0.15) is 0 Å². The highest BCUT2D eigenvalue weighted by atomic mass is 16.5. The van der Waals surface area contributed by atoms with Gasteiger partial charge < -0.3 is 9.84 Å². The molecule has 1 aliphatic heterocycles. The lowest BCUT2D eigenvalue weighted by molar-refractivity contribution is -0.120. The molecule has 2 heterocycles. The van der Waals surface area contributed by atoms with E-state index in [0.717, 1.165) is 30.0 Å². The number of para-hydroxylation sites is 1. The molecule has 2 aromatic rings. The number of aromatic nitrogens is 1. The summed E-state index contributed by atoms with van der Waals surface area (Å²) >= 11 is 0. The summed E-state index contributed by atoms with van der Waals surface area (Å²) in [5, 5.41) is 7.96. The summed E-state index contributed by atoms with van der Waals surface area (Å²) < 4.78 is 5.24. The number of nitrogens with zero attached hydrogens (tertiary/aromatic N) is 2. The van der Waals surface area contributed by atoms with Crippen LogP contribution in [0.5, 0.6) is 0 Å². The lowest BCUT2D eigenvalue weighted by atomic mass is 9.98. The second-order valence-electron chi connectivity index (χ2n) is 6.67. The van der Waals surface area contributed by atoms with Gasteiger partial charge in [-0.3, -0.25) is 9.69 Å². The molecule has 0 saturated carbocycles. The third-order valence-electron chi connectivity index (χ3n) is 4.82. The van der Waals surface area contributed by atoms with Crippen molar-refractivity contribution >= 4 is 16.9 Å².